The van der Waals surface area contributed by atoms with Crippen molar-refractivity contribution >= 4 is 0 Å². The van der Waals surface area contributed by atoms with Gasteiger partial charge in [0.05, 0.1) is 11.7 Å². The van der Waals surface area contributed by atoms with Crippen molar-refractivity contribution in [2.75, 3.05) is 0 Å². The molecule has 0 amide bonds. The molecule has 1 aromatic rings. The topological polar surface area (TPSA) is 20.2 Å². The Labute approximate surface area is 115 Å². The molecule has 0 bridgehead atoms. The molecule has 0 fully saturated rings. The fourth-order valence-electron chi connectivity index (χ4n) is 1.98. The van der Waals surface area contributed by atoms with Gasteiger partial charge in [-0.05, 0) is 25.3 Å². The second-order valence-electron chi connectivity index (χ2n) is 4.65. The van der Waals surface area contributed by atoms with Gasteiger partial charge in [-0.2, -0.15) is 13.2 Å². The summed E-state index contributed by atoms with van der Waals surface area (Å²) in [6.07, 6.45) is -0.716. The number of hydrogen-bond acceptors (Lipinski definition) is 1. The molecule has 1 atom stereocenters. The van der Waals surface area contributed by atoms with E-state index in [1.807, 2.05) is 0 Å². The first-order valence-corrected chi connectivity index (χ1v) is 6.52. The second kappa shape index (κ2) is 7.43. The van der Waals surface area contributed by atoms with Crippen LogP contribution in [-0.4, -0.2) is 5.11 Å². The summed E-state index contributed by atoms with van der Waals surface area (Å²) in [7, 11) is 0. The lowest BCUT2D eigenvalue weighted by Gasteiger charge is -2.15. The largest absolute Gasteiger partial charge is 0.419 e. The molecule has 20 heavy (non-hydrogen) atoms. The summed E-state index contributed by atoms with van der Waals surface area (Å²) in [5, 5.41) is 9.82. The lowest BCUT2D eigenvalue weighted by Crippen LogP contribution is -2.11. The van der Waals surface area contributed by atoms with Crippen LogP contribution in [0.2, 0.25) is 0 Å². The molecule has 0 saturated heterocycles. The summed E-state index contributed by atoms with van der Waals surface area (Å²) in [5.41, 5.74) is -1.62. The highest BCUT2D eigenvalue weighted by atomic mass is 19.4. The number of rotatable bonds is 7. The Morgan fingerprint density at radius 3 is 2.50 bits per heavy atom. The third-order valence-electron chi connectivity index (χ3n) is 3.08. The van der Waals surface area contributed by atoms with Crippen LogP contribution < -0.4 is 0 Å². The Hall–Kier alpha value is -1.36. The predicted molar refractivity (Wildman–Crippen MR) is 69.6 cm³/mol. The van der Waals surface area contributed by atoms with Gasteiger partial charge in [0.1, 0.15) is 5.82 Å². The molecule has 5 heteroatoms. The molecule has 112 valence electrons. The van der Waals surface area contributed by atoms with Gasteiger partial charge in [-0.3, -0.25) is 0 Å². The molecule has 0 aliphatic carbocycles. The monoisotopic (exact) mass is 290 g/mol. The van der Waals surface area contributed by atoms with Crippen LogP contribution in [0.4, 0.5) is 17.6 Å². The fourth-order valence-corrected chi connectivity index (χ4v) is 1.98. The molecule has 0 aromatic heterocycles. The van der Waals surface area contributed by atoms with Crippen molar-refractivity contribution in [1.29, 1.82) is 0 Å². The van der Waals surface area contributed by atoms with Crippen molar-refractivity contribution in [3.05, 3.63) is 47.8 Å². The van der Waals surface area contributed by atoms with Gasteiger partial charge in [0, 0.05) is 5.56 Å². The summed E-state index contributed by atoms with van der Waals surface area (Å²) >= 11 is 0. The van der Waals surface area contributed by atoms with E-state index in [0.717, 1.165) is 25.3 Å². The first kappa shape index (κ1) is 16.7. The SMILES string of the molecule is C=CCCCCCC(O)c1cccc(C(F)(F)F)c1F. The van der Waals surface area contributed by atoms with Gasteiger partial charge in [-0.1, -0.05) is 31.1 Å². The summed E-state index contributed by atoms with van der Waals surface area (Å²) < 4.78 is 51.4. The molecule has 0 heterocycles. The summed E-state index contributed by atoms with van der Waals surface area (Å²) in [6, 6.07) is 2.98. The van der Waals surface area contributed by atoms with E-state index in [1.54, 1.807) is 6.08 Å². The van der Waals surface area contributed by atoms with E-state index < -0.39 is 23.7 Å². The number of hydrogen-bond donors (Lipinski definition) is 1. The molecule has 1 nitrogen and oxygen atoms in total. The Kier molecular flexibility index (Phi) is 6.20. The minimum Gasteiger partial charge on any atom is -0.388 e. The maximum Gasteiger partial charge on any atom is 0.419 e. The zero-order chi connectivity index (χ0) is 15.2. The Morgan fingerprint density at radius 2 is 1.90 bits per heavy atom. The van der Waals surface area contributed by atoms with Crippen LogP contribution in [0.15, 0.2) is 30.9 Å². The van der Waals surface area contributed by atoms with Crippen molar-refractivity contribution in [3.63, 3.8) is 0 Å². The number of aliphatic hydroxyl groups is 1. The normalized spacial score (nSPS) is 13.2. The Balaban J connectivity index is 2.69. The summed E-state index contributed by atoms with van der Waals surface area (Å²) in [6.45, 7) is 3.58. The Morgan fingerprint density at radius 1 is 1.20 bits per heavy atom. The fraction of sp³-hybridized carbons (Fsp3) is 0.467. The highest BCUT2D eigenvalue weighted by Crippen LogP contribution is 2.34. The van der Waals surface area contributed by atoms with Crippen molar-refractivity contribution in [2.45, 2.75) is 44.4 Å². The van der Waals surface area contributed by atoms with E-state index in [0.29, 0.717) is 12.5 Å². The highest BCUT2D eigenvalue weighted by molar-refractivity contribution is 5.29. The Bertz CT molecular complexity index is 440. The molecular weight excluding hydrogens is 272 g/mol. The highest BCUT2D eigenvalue weighted by Gasteiger charge is 2.35. The van der Waals surface area contributed by atoms with Gasteiger partial charge in [0.2, 0.25) is 0 Å². The van der Waals surface area contributed by atoms with Crippen LogP contribution in [0.5, 0.6) is 0 Å². The number of aliphatic hydroxyl groups excluding tert-OH is 1. The maximum absolute atomic E-state index is 13.8. The van der Waals surface area contributed by atoms with Gasteiger partial charge >= 0.3 is 6.18 Å². The minimum absolute atomic E-state index is 0.245. The quantitative estimate of drug-likeness (QED) is 0.425. The van der Waals surface area contributed by atoms with Crippen LogP contribution >= 0.6 is 0 Å². The van der Waals surface area contributed by atoms with Crippen LogP contribution in [0.1, 0.15) is 49.3 Å². The van der Waals surface area contributed by atoms with Gasteiger partial charge < -0.3 is 5.11 Å². The van der Waals surface area contributed by atoms with Crippen molar-refractivity contribution in [3.8, 4) is 0 Å². The van der Waals surface area contributed by atoms with Crippen molar-refractivity contribution in [1.82, 2.24) is 0 Å². The third kappa shape index (κ3) is 4.63. The van der Waals surface area contributed by atoms with E-state index in [4.69, 9.17) is 0 Å². The smallest absolute Gasteiger partial charge is 0.388 e. The average Bonchev–Trinajstić information content (AvgIpc) is 2.37. The number of alkyl halides is 3. The number of allylic oxidation sites excluding steroid dienone is 1. The molecule has 1 N–H and O–H groups in total. The summed E-state index contributed by atoms with van der Waals surface area (Å²) in [5.74, 6) is -1.38. The van der Waals surface area contributed by atoms with Gasteiger partial charge in [0.15, 0.2) is 0 Å². The van der Waals surface area contributed by atoms with Crippen LogP contribution in [0, 0.1) is 5.82 Å². The number of halogens is 4. The average molecular weight is 290 g/mol. The maximum atomic E-state index is 13.8. The zero-order valence-electron chi connectivity index (χ0n) is 11.1. The minimum atomic E-state index is -4.75. The lowest BCUT2D eigenvalue weighted by molar-refractivity contribution is -0.140. The predicted octanol–water partition coefficient (Wildman–Crippen LogP) is 5.01. The molecular formula is C15H18F4O. The molecule has 1 unspecified atom stereocenters. The van der Waals surface area contributed by atoms with Crippen molar-refractivity contribution < 1.29 is 22.7 Å². The molecule has 1 aromatic carbocycles. The molecule has 0 radical (unpaired) electrons. The number of unbranched alkanes of at least 4 members (excludes halogenated alkanes) is 3. The number of benzene rings is 1. The van der Waals surface area contributed by atoms with E-state index in [-0.39, 0.29) is 12.0 Å². The van der Waals surface area contributed by atoms with E-state index in [2.05, 4.69) is 6.58 Å². The second-order valence-corrected chi connectivity index (χ2v) is 4.65. The standard InChI is InChI=1S/C15H18F4O/c1-2-3-4-5-6-10-13(20)11-8-7-9-12(14(11)16)15(17,18)19/h2,7-9,13,20H,1,3-6,10H2. The first-order chi connectivity index (χ1) is 9.38. The van der Waals surface area contributed by atoms with Gasteiger partial charge in [-0.25, -0.2) is 4.39 Å². The lowest BCUT2D eigenvalue weighted by atomic mass is 9.99. The molecule has 0 spiro atoms. The van der Waals surface area contributed by atoms with Crippen LogP contribution in [0.3, 0.4) is 0 Å². The van der Waals surface area contributed by atoms with E-state index >= 15 is 0 Å². The van der Waals surface area contributed by atoms with Gasteiger partial charge in [-0.15, -0.1) is 6.58 Å². The molecule has 0 aliphatic rings. The van der Waals surface area contributed by atoms with Gasteiger partial charge in [0.25, 0.3) is 0 Å². The van der Waals surface area contributed by atoms with E-state index in [1.165, 1.54) is 6.07 Å². The van der Waals surface area contributed by atoms with Crippen LogP contribution in [-0.2, 0) is 6.18 Å². The molecule has 0 aliphatic heterocycles. The summed E-state index contributed by atoms with van der Waals surface area (Å²) in [4.78, 5) is 0. The molecule has 0 saturated carbocycles. The molecule has 1 rings (SSSR count). The first-order valence-electron chi connectivity index (χ1n) is 6.52. The third-order valence-corrected chi connectivity index (χ3v) is 3.08. The van der Waals surface area contributed by atoms with Crippen LogP contribution in [0.25, 0.3) is 0 Å². The van der Waals surface area contributed by atoms with Crippen molar-refractivity contribution in [2.24, 2.45) is 0 Å². The van der Waals surface area contributed by atoms with E-state index in [9.17, 15) is 22.7 Å². The zero-order valence-corrected chi connectivity index (χ0v) is 11.1.